The zero-order valence-electron chi connectivity index (χ0n) is 13.6. The number of nitrogens with one attached hydrogen (secondary N) is 2. The third-order valence-corrected chi connectivity index (χ3v) is 4.56. The van der Waals surface area contributed by atoms with Gasteiger partial charge in [0.15, 0.2) is 0 Å². The first kappa shape index (κ1) is 15.4. The Labute approximate surface area is 144 Å². The number of aromatic amines is 1. The maximum atomic E-state index is 12.6. The van der Waals surface area contributed by atoms with Crippen molar-refractivity contribution < 1.29 is 9.59 Å². The molecule has 3 heterocycles. The topological polar surface area (TPSA) is 78.1 Å². The highest BCUT2D eigenvalue weighted by Crippen LogP contribution is 2.26. The molecule has 2 aromatic heterocycles. The third kappa shape index (κ3) is 2.98. The average Bonchev–Trinajstić information content (AvgIpc) is 3.21. The van der Waals surface area contributed by atoms with E-state index >= 15 is 0 Å². The van der Waals surface area contributed by atoms with Gasteiger partial charge < -0.3 is 15.2 Å². The Morgan fingerprint density at radius 1 is 1.24 bits per heavy atom. The summed E-state index contributed by atoms with van der Waals surface area (Å²) in [4.78, 5) is 33.9. The number of para-hydroxylation sites is 1. The Kier molecular flexibility index (Phi) is 3.93. The summed E-state index contributed by atoms with van der Waals surface area (Å²) in [7, 11) is 0. The number of hydrogen-bond donors (Lipinski definition) is 2. The molecule has 6 heteroatoms. The van der Waals surface area contributed by atoms with Gasteiger partial charge in [-0.25, -0.2) is 4.98 Å². The van der Waals surface area contributed by atoms with Gasteiger partial charge in [-0.3, -0.25) is 9.59 Å². The van der Waals surface area contributed by atoms with E-state index < -0.39 is 6.04 Å². The van der Waals surface area contributed by atoms with Crippen LogP contribution in [0, 0.1) is 0 Å². The summed E-state index contributed by atoms with van der Waals surface area (Å²) in [5.41, 5.74) is 2.04. The Morgan fingerprint density at radius 3 is 2.92 bits per heavy atom. The fourth-order valence-corrected chi connectivity index (χ4v) is 3.30. The van der Waals surface area contributed by atoms with Crippen molar-refractivity contribution in [3.63, 3.8) is 0 Å². The molecule has 2 amide bonds. The number of pyridine rings is 1. The summed E-state index contributed by atoms with van der Waals surface area (Å²) in [6.07, 6.45) is 4.45. The molecule has 0 unspecified atom stereocenters. The fraction of sp³-hybridized carbons (Fsp3) is 0.211. The minimum atomic E-state index is -0.469. The van der Waals surface area contributed by atoms with Gasteiger partial charge in [-0.2, -0.15) is 0 Å². The number of rotatable bonds is 4. The maximum Gasteiger partial charge on any atom is 0.248 e. The van der Waals surface area contributed by atoms with E-state index in [0.29, 0.717) is 25.2 Å². The lowest BCUT2D eigenvalue weighted by Crippen LogP contribution is -2.41. The first-order chi connectivity index (χ1) is 12.2. The van der Waals surface area contributed by atoms with E-state index in [0.717, 1.165) is 16.5 Å². The second-order valence-electron chi connectivity index (χ2n) is 6.14. The lowest BCUT2D eigenvalue weighted by atomic mass is 10.1. The van der Waals surface area contributed by atoms with Gasteiger partial charge in [-0.1, -0.05) is 24.3 Å². The van der Waals surface area contributed by atoms with Crippen LogP contribution in [0.4, 0.5) is 5.82 Å². The molecule has 1 aromatic carbocycles. The van der Waals surface area contributed by atoms with Crippen molar-refractivity contribution in [2.45, 2.75) is 25.4 Å². The molecule has 25 heavy (non-hydrogen) atoms. The van der Waals surface area contributed by atoms with Crippen molar-refractivity contribution in [1.29, 1.82) is 0 Å². The maximum absolute atomic E-state index is 12.6. The minimum Gasteiger partial charge on any atom is -0.361 e. The van der Waals surface area contributed by atoms with Crippen molar-refractivity contribution in [2.24, 2.45) is 0 Å². The first-order valence-electron chi connectivity index (χ1n) is 8.29. The highest BCUT2D eigenvalue weighted by molar-refractivity contribution is 5.98. The van der Waals surface area contributed by atoms with Crippen molar-refractivity contribution in [2.75, 3.05) is 5.32 Å². The van der Waals surface area contributed by atoms with Crippen LogP contribution in [0.15, 0.2) is 54.9 Å². The van der Waals surface area contributed by atoms with Gasteiger partial charge in [0.05, 0.1) is 0 Å². The Balaban J connectivity index is 1.54. The molecule has 0 radical (unpaired) electrons. The smallest absolute Gasteiger partial charge is 0.248 e. The van der Waals surface area contributed by atoms with Crippen LogP contribution in [-0.2, 0) is 16.1 Å². The van der Waals surface area contributed by atoms with E-state index in [4.69, 9.17) is 0 Å². The molecule has 1 aliphatic heterocycles. The van der Waals surface area contributed by atoms with Crippen molar-refractivity contribution in [3.05, 3.63) is 60.4 Å². The molecule has 1 aliphatic rings. The number of nitrogens with zero attached hydrogens (tertiary/aromatic N) is 2. The number of benzene rings is 1. The second-order valence-corrected chi connectivity index (χ2v) is 6.14. The van der Waals surface area contributed by atoms with Crippen molar-refractivity contribution >= 4 is 28.5 Å². The number of H-pyrrole nitrogens is 1. The Morgan fingerprint density at radius 2 is 2.08 bits per heavy atom. The highest BCUT2D eigenvalue weighted by atomic mass is 16.2. The van der Waals surface area contributed by atoms with Crippen LogP contribution in [0.3, 0.4) is 0 Å². The summed E-state index contributed by atoms with van der Waals surface area (Å²) >= 11 is 0. The minimum absolute atomic E-state index is 0.00597. The van der Waals surface area contributed by atoms with Gasteiger partial charge in [0.2, 0.25) is 11.8 Å². The van der Waals surface area contributed by atoms with Crippen LogP contribution in [0.25, 0.3) is 10.9 Å². The molecular weight excluding hydrogens is 316 g/mol. The molecular formula is C19H18N4O2. The van der Waals surface area contributed by atoms with E-state index in [9.17, 15) is 9.59 Å². The van der Waals surface area contributed by atoms with E-state index in [-0.39, 0.29) is 11.8 Å². The van der Waals surface area contributed by atoms with E-state index in [1.165, 1.54) is 0 Å². The molecule has 6 nitrogen and oxygen atoms in total. The van der Waals surface area contributed by atoms with E-state index in [1.54, 1.807) is 23.2 Å². The van der Waals surface area contributed by atoms with E-state index in [1.807, 2.05) is 36.5 Å². The van der Waals surface area contributed by atoms with Gasteiger partial charge >= 0.3 is 0 Å². The molecule has 3 aromatic rings. The molecule has 126 valence electrons. The molecule has 1 atom stereocenters. The lowest BCUT2D eigenvalue weighted by molar-refractivity contribution is -0.133. The summed E-state index contributed by atoms with van der Waals surface area (Å²) in [5, 5.41) is 3.87. The highest BCUT2D eigenvalue weighted by Gasteiger charge is 2.36. The number of fused-ring (bicyclic) bond motifs is 1. The van der Waals surface area contributed by atoms with Gasteiger partial charge in [-0.05, 0) is 30.2 Å². The van der Waals surface area contributed by atoms with Crippen LogP contribution < -0.4 is 5.32 Å². The largest absolute Gasteiger partial charge is 0.361 e. The molecule has 0 aliphatic carbocycles. The summed E-state index contributed by atoms with van der Waals surface area (Å²) in [6, 6.07) is 12.8. The van der Waals surface area contributed by atoms with Gasteiger partial charge in [-0.15, -0.1) is 0 Å². The number of aromatic nitrogens is 2. The number of carbonyl (C=O) groups is 2. The first-order valence-corrected chi connectivity index (χ1v) is 8.29. The van der Waals surface area contributed by atoms with Crippen LogP contribution >= 0.6 is 0 Å². The monoisotopic (exact) mass is 334 g/mol. The molecule has 4 rings (SSSR count). The number of anilines is 1. The van der Waals surface area contributed by atoms with E-state index in [2.05, 4.69) is 15.3 Å². The van der Waals surface area contributed by atoms with Gasteiger partial charge in [0.25, 0.3) is 0 Å². The normalized spacial score (nSPS) is 17.2. The van der Waals surface area contributed by atoms with Crippen LogP contribution in [0.5, 0.6) is 0 Å². The zero-order valence-corrected chi connectivity index (χ0v) is 13.6. The predicted octanol–water partition coefficient (Wildman–Crippen LogP) is 2.69. The molecule has 0 spiro atoms. The quantitative estimate of drug-likeness (QED) is 0.770. The fourth-order valence-electron chi connectivity index (χ4n) is 3.30. The summed E-state index contributed by atoms with van der Waals surface area (Å²) in [5.74, 6) is 0.315. The SMILES string of the molecule is O=C(Nc1ccccn1)[C@H]1CCC(=O)N1Cc1c[nH]c2ccccc12. The zero-order chi connectivity index (χ0) is 17.2. The number of hydrogen-bond acceptors (Lipinski definition) is 3. The molecule has 0 saturated carbocycles. The Hall–Kier alpha value is -3.15. The molecule has 2 N–H and O–H groups in total. The Bertz CT molecular complexity index is 919. The average molecular weight is 334 g/mol. The summed E-state index contributed by atoms with van der Waals surface area (Å²) in [6.45, 7) is 0.420. The lowest BCUT2D eigenvalue weighted by Gasteiger charge is -2.23. The van der Waals surface area contributed by atoms with Crippen LogP contribution in [-0.4, -0.2) is 32.7 Å². The summed E-state index contributed by atoms with van der Waals surface area (Å²) < 4.78 is 0. The van der Waals surface area contributed by atoms with Crippen molar-refractivity contribution in [1.82, 2.24) is 14.9 Å². The van der Waals surface area contributed by atoms with Crippen molar-refractivity contribution in [3.8, 4) is 0 Å². The standard InChI is InChI=1S/C19H18N4O2/c24-18-9-8-16(19(25)22-17-7-3-4-10-20-17)23(18)12-13-11-21-15-6-2-1-5-14(13)15/h1-7,10-11,16,21H,8-9,12H2,(H,20,22,25)/t16-/m1/s1. The predicted molar refractivity (Wildman–Crippen MR) is 94.7 cm³/mol. The third-order valence-electron chi connectivity index (χ3n) is 4.56. The number of likely N-dealkylation sites (tertiary alicyclic amines) is 1. The molecule has 1 fully saturated rings. The molecule has 1 saturated heterocycles. The second kappa shape index (κ2) is 6.39. The van der Waals surface area contributed by atoms with Gasteiger partial charge in [0.1, 0.15) is 11.9 Å². The van der Waals surface area contributed by atoms with Gasteiger partial charge in [0, 0.05) is 36.3 Å². The molecule has 0 bridgehead atoms. The number of amides is 2. The van der Waals surface area contributed by atoms with Crippen LogP contribution in [0.2, 0.25) is 0 Å². The number of carbonyl (C=O) groups excluding carboxylic acids is 2. The van der Waals surface area contributed by atoms with Crippen LogP contribution in [0.1, 0.15) is 18.4 Å².